The molecule has 3 aromatic carbocycles. The van der Waals surface area contributed by atoms with Crippen LogP contribution in [0.3, 0.4) is 0 Å². The second-order valence-corrected chi connectivity index (χ2v) is 7.13. The molecule has 0 saturated heterocycles. The van der Waals surface area contributed by atoms with Crippen LogP contribution < -0.4 is 10.6 Å². The minimum absolute atomic E-state index is 0.0916. The summed E-state index contributed by atoms with van der Waals surface area (Å²) in [5, 5.41) is 6.85. The molecule has 0 saturated carbocycles. The number of hydrogen-bond acceptors (Lipinski definition) is 3. The number of rotatable bonds is 9. The van der Waals surface area contributed by atoms with E-state index < -0.39 is 11.6 Å². The molecular weight excluding hydrogens is 370 g/mol. The van der Waals surface area contributed by atoms with Crippen LogP contribution in [-0.4, -0.2) is 19.8 Å². The first-order valence-corrected chi connectivity index (χ1v) is 9.63. The van der Waals surface area contributed by atoms with E-state index >= 15 is 0 Å². The lowest BCUT2D eigenvalue weighted by atomic mass is 10.0. The van der Waals surface area contributed by atoms with Gasteiger partial charge in [0, 0.05) is 13.7 Å². The van der Waals surface area contributed by atoms with Gasteiger partial charge >= 0.3 is 0 Å². The van der Waals surface area contributed by atoms with Crippen molar-refractivity contribution in [3.63, 3.8) is 0 Å². The van der Waals surface area contributed by atoms with E-state index in [1.54, 1.807) is 13.2 Å². The number of aryl methyl sites for hydroxylation is 1. The summed E-state index contributed by atoms with van der Waals surface area (Å²) in [5.74, 6) is -1.68. The third-order valence-electron chi connectivity index (χ3n) is 4.72. The molecular formula is C24H26F2N2O. The predicted octanol–water partition coefficient (Wildman–Crippen LogP) is 5.55. The van der Waals surface area contributed by atoms with Crippen LogP contribution in [-0.2, 0) is 17.7 Å². The zero-order valence-corrected chi connectivity index (χ0v) is 16.7. The number of nitrogens with one attached hydrogen (secondary N) is 2. The lowest BCUT2D eigenvalue weighted by Gasteiger charge is -2.22. The molecule has 0 heterocycles. The maximum Gasteiger partial charge on any atom is 0.159 e. The molecule has 2 N–H and O–H groups in total. The first-order chi connectivity index (χ1) is 14.0. The fourth-order valence-electron chi connectivity index (χ4n) is 3.19. The van der Waals surface area contributed by atoms with Gasteiger partial charge in [-0.1, -0.05) is 48.0 Å². The average molecular weight is 396 g/mol. The highest BCUT2D eigenvalue weighted by molar-refractivity contribution is 5.69. The van der Waals surface area contributed by atoms with Gasteiger partial charge in [0.25, 0.3) is 0 Å². The molecule has 0 radical (unpaired) electrons. The molecule has 0 amide bonds. The highest BCUT2D eigenvalue weighted by atomic mass is 19.2. The third-order valence-corrected chi connectivity index (χ3v) is 4.72. The Morgan fingerprint density at radius 3 is 2.24 bits per heavy atom. The second kappa shape index (κ2) is 10.0. The van der Waals surface area contributed by atoms with Crippen molar-refractivity contribution in [2.45, 2.75) is 25.9 Å². The number of ether oxygens (including phenoxy) is 1. The lowest BCUT2D eigenvalue weighted by Crippen LogP contribution is -2.28. The molecule has 0 aliphatic rings. The van der Waals surface area contributed by atoms with Gasteiger partial charge < -0.3 is 15.4 Å². The fourth-order valence-corrected chi connectivity index (χ4v) is 3.19. The Bertz CT molecular complexity index is 928. The van der Waals surface area contributed by atoms with Crippen molar-refractivity contribution in [2.75, 3.05) is 24.4 Å². The van der Waals surface area contributed by atoms with Gasteiger partial charge in [0.15, 0.2) is 11.6 Å². The molecule has 3 aromatic rings. The molecule has 3 nitrogen and oxygen atoms in total. The number of halogens is 2. The molecule has 0 aliphatic carbocycles. The Kier molecular flexibility index (Phi) is 7.19. The van der Waals surface area contributed by atoms with Gasteiger partial charge in [-0.15, -0.1) is 0 Å². The molecule has 152 valence electrons. The van der Waals surface area contributed by atoms with Crippen LogP contribution in [0.4, 0.5) is 20.2 Å². The van der Waals surface area contributed by atoms with E-state index in [0.717, 1.165) is 23.9 Å². The average Bonchev–Trinajstić information content (AvgIpc) is 2.72. The van der Waals surface area contributed by atoms with Gasteiger partial charge in [-0.2, -0.15) is 0 Å². The number of benzene rings is 3. The first kappa shape index (κ1) is 20.8. The Hall–Kier alpha value is -2.92. The zero-order valence-electron chi connectivity index (χ0n) is 16.7. The van der Waals surface area contributed by atoms with Crippen LogP contribution in [0.15, 0.2) is 66.7 Å². The van der Waals surface area contributed by atoms with Crippen molar-refractivity contribution in [2.24, 2.45) is 0 Å². The van der Waals surface area contributed by atoms with E-state index in [4.69, 9.17) is 4.74 Å². The lowest BCUT2D eigenvalue weighted by molar-refractivity contribution is 0.185. The van der Waals surface area contributed by atoms with Gasteiger partial charge in [0.05, 0.1) is 24.0 Å². The maximum atomic E-state index is 13.4. The molecule has 1 atom stereocenters. The predicted molar refractivity (Wildman–Crippen MR) is 114 cm³/mol. The van der Waals surface area contributed by atoms with Crippen molar-refractivity contribution in [3.05, 3.63) is 95.1 Å². The first-order valence-electron chi connectivity index (χ1n) is 9.63. The van der Waals surface area contributed by atoms with Crippen LogP contribution in [0, 0.1) is 18.6 Å². The van der Waals surface area contributed by atoms with Gasteiger partial charge in [-0.25, -0.2) is 8.78 Å². The zero-order chi connectivity index (χ0) is 20.6. The Balaban J connectivity index is 1.70. The molecule has 0 bridgehead atoms. The fraction of sp³-hybridized carbons (Fsp3) is 0.250. The summed E-state index contributed by atoms with van der Waals surface area (Å²) in [6, 6.07) is 20.3. The molecule has 29 heavy (non-hydrogen) atoms. The summed E-state index contributed by atoms with van der Waals surface area (Å²) in [5.41, 5.74) is 4.97. The minimum Gasteiger partial charge on any atom is -0.383 e. The van der Waals surface area contributed by atoms with Gasteiger partial charge in [-0.05, 0) is 48.7 Å². The van der Waals surface area contributed by atoms with E-state index in [9.17, 15) is 8.78 Å². The Morgan fingerprint density at radius 1 is 0.862 bits per heavy atom. The van der Waals surface area contributed by atoms with Crippen LogP contribution in [0.25, 0.3) is 0 Å². The molecule has 0 aliphatic heterocycles. The van der Waals surface area contributed by atoms with Crippen molar-refractivity contribution in [1.29, 1.82) is 0 Å². The van der Waals surface area contributed by atoms with Gasteiger partial charge in [0.2, 0.25) is 0 Å². The highest BCUT2D eigenvalue weighted by Crippen LogP contribution is 2.24. The van der Waals surface area contributed by atoms with Crippen LogP contribution >= 0.6 is 0 Å². The van der Waals surface area contributed by atoms with Crippen molar-refractivity contribution in [3.8, 4) is 0 Å². The van der Waals surface area contributed by atoms with Crippen molar-refractivity contribution < 1.29 is 13.5 Å². The number of para-hydroxylation sites is 2. The monoisotopic (exact) mass is 396 g/mol. The van der Waals surface area contributed by atoms with Gasteiger partial charge in [-0.3, -0.25) is 0 Å². The number of anilines is 2. The Labute approximate surface area is 170 Å². The van der Waals surface area contributed by atoms with Crippen LogP contribution in [0.2, 0.25) is 0 Å². The van der Waals surface area contributed by atoms with E-state index in [1.807, 2.05) is 24.3 Å². The van der Waals surface area contributed by atoms with Crippen molar-refractivity contribution in [1.82, 2.24) is 0 Å². The SMILES string of the molecule is COC[C@H](Cc1ccc(C)cc1)Nc1ccccc1NCc1ccc(F)c(F)c1. The normalized spacial score (nSPS) is 11.9. The van der Waals surface area contributed by atoms with Crippen LogP contribution in [0.5, 0.6) is 0 Å². The Morgan fingerprint density at radius 2 is 1.55 bits per heavy atom. The summed E-state index contributed by atoms with van der Waals surface area (Å²) >= 11 is 0. The number of hydrogen-bond donors (Lipinski definition) is 2. The smallest absolute Gasteiger partial charge is 0.159 e. The summed E-state index contributed by atoms with van der Waals surface area (Å²) in [6.45, 7) is 3.03. The van der Waals surface area contributed by atoms with E-state index in [0.29, 0.717) is 18.7 Å². The summed E-state index contributed by atoms with van der Waals surface area (Å²) < 4.78 is 32.0. The maximum absolute atomic E-state index is 13.4. The van der Waals surface area contributed by atoms with Gasteiger partial charge in [0.1, 0.15) is 0 Å². The molecule has 0 spiro atoms. The quantitative estimate of drug-likeness (QED) is 0.497. The molecule has 0 unspecified atom stereocenters. The van der Waals surface area contributed by atoms with E-state index in [2.05, 4.69) is 41.8 Å². The molecule has 0 fully saturated rings. The second-order valence-electron chi connectivity index (χ2n) is 7.13. The standard InChI is InChI=1S/C24H26F2N2O/c1-17-7-9-18(10-8-17)13-20(16-29-2)28-24-6-4-3-5-23(24)27-15-19-11-12-21(25)22(26)14-19/h3-12,14,20,27-28H,13,15-16H2,1-2H3/t20-/m0/s1. The highest BCUT2D eigenvalue weighted by Gasteiger charge is 2.12. The summed E-state index contributed by atoms with van der Waals surface area (Å²) in [6.07, 6.45) is 0.825. The number of methoxy groups -OCH3 is 1. The third kappa shape index (κ3) is 6.03. The molecule has 3 rings (SSSR count). The van der Waals surface area contributed by atoms with Crippen molar-refractivity contribution >= 4 is 11.4 Å². The van der Waals surface area contributed by atoms with E-state index in [1.165, 1.54) is 17.2 Å². The largest absolute Gasteiger partial charge is 0.383 e. The van der Waals surface area contributed by atoms with Crippen LogP contribution in [0.1, 0.15) is 16.7 Å². The summed E-state index contributed by atoms with van der Waals surface area (Å²) in [7, 11) is 1.69. The molecule has 5 heteroatoms. The van der Waals surface area contributed by atoms with E-state index in [-0.39, 0.29) is 6.04 Å². The minimum atomic E-state index is -0.839. The topological polar surface area (TPSA) is 33.3 Å². The molecule has 0 aromatic heterocycles. The summed E-state index contributed by atoms with van der Waals surface area (Å²) in [4.78, 5) is 0.